The van der Waals surface area contributed by atoms with Crippen LogP contribution < -0.4 is 5.32 Å². The summed E-state index contributed by atoms with van der Waals surface area (Å²) in [4.78, 5) is 4.44. The number of aromatic nitrogens is 1. The van der Waals surface area contributed by atoms with Crippen LogP contribution in [-0.4, -0.2) is 18.0 Å². The highest BCUT2D eigenvalue weighted by atomic mass is 16.5. The van der Waals surface area contributed by atoms with Gasteiger partial charge in [0, 0.05) is 24.7 Å². The average Bonchev–Trinajstić information content (AvgIpc) is 3.05. The normalized spacial score (nSPS) is 19.0. The fourth-order valence-corrected chi connectivity index (χ4v) is 3.75. The van der Waals surface area contributed by atoms with E-state index in [4.69, 9.17) is 4.52 Å². The van der Waals surface area contributed by atoms with Crippen molar-refractivity contribution < 1.29 is 4.52 Å². The molecule has 4 nitrogen and oxygen atoms in total. The van der Waals surface area contributed by atoms with Gasteiger partial charge >= 0.3 is 0 Å². The Morgan fingerprint density at radius 2 is 2.03 bits per heavy atom. The molecule has 4 heteroatoms. The van der Waals surface area contributed by atoms with E-state index in [2.05, 4.69) is 66.6 Å². The number of para-hydroxylation sites is 1. The first-order chi connectivity index (χ1) is 14.1. The quantitative estimate of drug-likeness (QED) is 0.448. The number of aliphatic imine (C=N–C) groups is 1. The number of nitrogens with zero attached hydrogens (tertiary/aromatic N) is 2. The highest BCUT2D eigenvalue weighted by Gasteiger charge is 2.21. The number of allylic oxidation sites excluding steroid dienone is 6. The molecule has 0 spiro atoms. The van der Waals surface area contributed by atoms with Crippen LogP contribution in [0.25, 0.3) is 5.57 Å². The molecule has 0 bridgehead atoms. The molecule has 1 aliphatic carbocycles. The van der Waals surface area contributed by atoms with Gasteiger partial charge in [-0.3, -0.25) is 4.99 Å². The molecule has 29 heavy (non-hydrogen) atoms. The van der Waals surface area contributed by atoms with Crippen LogP contribution in [0.1, 0.15) is 50.8 Å². The van der Waals surface area contributed by atoms with E-state index < -0.39 is 0 Å². The van der Waals surface area contributed by atoms with Crippen molar-refractivity contribution in [3.8, 4) is 0 Å². The summed E-state index contributed by atoms with van der Waals surface area (Å²) in [6.45, 7) is 6.55. The highest BCUT2D eigenvalue weighted by Crippen LogP contribution is 2.35. The molecule has 152 valence electrons. The minimum Gasteiger partial charge on any atom is -0.364 e. The summed E-state index contributed by atoms with van der Waals surface area (Å²) < 4.78 is 5.19. The summed E-state index contributed by atoms with van der Waals surface area (Å²) in [7, 11) is 1.85. The van der Waals surface area contributed by atoms with E-state index in [1.807, 2.05) is 25.2 Å². The molecular weight excluding hydrogens is 358 g/mol. The first kappa shape index (κ1) is 20.8. The molecule has 1 aromatic carbocycles. The zero-order chi connectivity index (χ0) is 20.6. The third kappa shape index (κ3) is 5.35. The number of rotatable bonds is 6. The van der Waals surface area contributed by atoms with E-state index in [1.165, 1.54) is 16.7 Å². The van der Waals surface area contributed by atoms with Gasteiger partial charge in [-0.05, 0) is 62.3 Å². The second-order valence-electron chi connectivity index (χ2n) is 7.60. The van der Waals surface area contributed by atoms with Crippen LogP contribution >= 0.6 is 0 Å². The van der Waals surface area contributed by atoms with Crippen LogP contribution in [-0.2, 0) is 0 Å². The van der Waals surface area contributed by atoms with E-state index in [0.29, 0.717) is 5.92 Å². The zero-order valence-electron chi connectivity index (χ0n) is 17.9. The molecule has 0 fully saturated rings. The van der Waals surface area contributed by atoms with E-state index in [0.717, 1.165) is 48.5 Å². The molecule has 0 saturated carbocycles. The Labute approximate surface area is 174 Å². The van der Waals surface area contributed by atoms with E-state index in [1.54, 1.807) is 6.26 Å². The Morgan fingerprint density at radius 3 is 2.69 bits per heavy atom. The minimum absolute atomic E-state index is 0.445. The summed E-state index contributed by atoms with van der Waals surface area (Å²) in [5.74, 6) is 1.46. The lowest BCUT2D eigenvalue weighted by Crippen LogP contribution is -2.12. The summed E-state index contributed by atoms with van der Waals surface area (Å²) in [6, 6.07) is 10.2. The van der Waals surface area contributed by atoms with Gasteiger partial charge in [-0.15, -0.1) is 0 Å². The maximum atomic E-state index is 5.19. The topological polar surface area (TPSA) is 50.4 Å². The first-order valence-corrected chi connectivity index (χ1v) is 10.4. The smallest absolute Gasteiger partial charge is 0.127 e. The largest absolute Gasteiger partial charge is 0.364 e. The monoisotopic (exact) mass is 389 g/mol. The maximum absolute atomic E-state index is 5.19. The van der Waals surface area contributed by atoms with Crippen LogP contribution in [0.5, 0.6) is 0 Å². The molecule has 1 unspecified atom stereocenters. The Hall–Kier alpha value is -2.88. The maximum Gasteiger partial charge on any atom is 0.127 e. The van der Waals surface area contributed by atoms with Gasteiger partial charge in [0.05, 0.1) is 0 Å². The van der Waals surface area contributed by atoms with Crippen LogP contribution in [0.3, 0.4) is 0 Å². The Balaban J connectivity index is 1.68. The predicted octanol–water partition coefficient (Wildman–Crippen LogP) is 6.59. The summed E-state index contributed by atoms with van der Waals surface area (Å²) >= 11 is 0. The molecule has 0 radical (unpaired) electrons. The molecular formula is C25H31N3O. The van der Waals surface area contributed by atoms with Gasteiger partial charge in [-0.1, -0.05) is 54.1 Å². The number of amidine groups is 1. The third-order valence-corrected chi connectivity index (χ3v) is 5.61. The van der Waals surface area contributed by atoms with Crippen molar-refractivity contribution in [1.29, 1.82) is 0 Å². The van der Waals surface area contributed by atoms with Crippen LogP contribution in [0.4, 0.5) is 5.69 Å². The molecule has 2 aromatic rings. The number of aryl methyl sites for hydroxylation is 1. The van der Waals surface area contributed by atoms with Crippen molar-refractivity contribution >= 4 is 17.1 Å². The minimum atomic E-state index is 0.445. The molecule has 0 amide bonds. The van der Waals surface area contributed by atoms with E-state index in [9.17, 15) is 0 Å². The van der Waals surface area contributed by atoms with Gasteiger partial charge in [0.25, 0.3) is 0 Å². The van der Waals surface area contributed by atoms with Crippen LogP contribution in [0, 0.1) is 12.8 Å². The van der Waals surface area contributed by atoms with Gasteiger partial charge in [0.2, 0.25) is 0 Å². The van der Waals surface area contributed by atoms with Crippen molar-refractivity contribution in [3.05, 3.63) is 77.2 Å². The molecule has 0 aliphatic heterocycles. The van der Waals surface area contributed by atoms with Gasteiger partial charge < -0.3 is 9.84 Å². The number of benzene rings is 1. The fourth-order valence-electron chi connectivity index (χ4n) is 3.75. The summed E-state index contributed by atoms with van der Waals surface area (Å²) in [5.41, 5.74) is 7.28. The molecule has 1 heterocycles. The Morgan fingerprint density at radius 1 is 1.24 bits per heavy atom. The van der Waals surface area contributed by atoms with E-state index in [-0.39, 0.29) is 0 Å². The molecule has 1 aromatic heterocycles. The Bertz CT molecular complexity index is 932. The number of nitrogens with one attached hydrogen (secondary N) is 1. The van der Waals surface area contributed by atoms with E-state index >= 15 is 0 Å². The summed E-state index contributed by atoms with van der Waals surface area (Å²) in [6.07, 6.45) is 12.3. The zero-order valence-corrected chi connectivity index (χ0v) is 17.9. The standard InChI is InChI=1S/C25H31N3O/c1-5-20-16-21(10-9-13-23(20)25-19(3)17-29-28-25)18(2)14-15-24(26-4)27-22-11-7-6-8-12-22/h6-13,17,20H,5,14-16H2,1-4H3,(H,26,27). The molecule has 1 aliphatic rings. The lowest BCUT2D eigenvalue weighted by atomic mass is 9.86. The fraction of sp³-hybridized carbons (Fsp3) is 0.360. The van der Waals surface area contributed by atoms with Gasteiger partial charge in [-0.2, -0.15) is 0 Å². The number of anilines is 1. The van der Waals surface area contributed by atoms with Gasteiger partial charge in [0.1, 0.15) is 17.8 Å². The lowest BCUT2D eigenvalue weighted by Gasteiger charge is -2.18. The Kier molecular flexibility index (Phi) is 7.23. The van der Waals surface area contributed by atoms with Gasteiger partial charge in [0.15, 0.2) is 0 Å². The molecule has 0 saturated heterocycles. The molecule has 3 rings (SSSR count). The number of hydrogen-bond donors (Lipinski definition) is 1. The number of hydrogen-bond acceptors (Lipinski definition) is 3. The second kappa shape index (κ2) is 10.1. The first-order valence-electron chi connectivity index (χ1n) is 10.4. The molecule has 1 N–H and O–H groups in total. The summed E-state index contributed by atoms with van der Waals surface area (Å²) in [5, 5.41) is 7.67. The van der Waals surface area contributed by atoms with Crippen molar-refractivity contribution in [2.45, 2.75) is 46.5 Å². The predicted molar refractivity (Wildman–Crippen MR) is 122 cm³/mol. The van der Waals surface area contributed by atoms with Crippen molar-refractivity contribution in [1.82, 2.24) is 5.16 Å². The third-order valence-electron chi connectivity index (χ3n) is 5.61. The second-order valence-corrected chi connectivity index (χ2v) is 7.60. The van der Waals surface area contributed by atoms with Gasteiger partial charge in [-0.25, -0.2) is 0 Å². The van der Waals surface area contributed by atoms with Crippen molar-refractivity contribution in [2.24, 2.45) is 10.9 Å². The highest BCUT2D eigenvalue weighted by molar-refractivity contribution is 5.95. The molecule has 1 atom stereocenters. The average molecular weight is 390 g/mol. The van der Waals surface area contributed by atoms with Crippen molar-refractivity contribution in [2.75, 3.05) is 12.4 Å². The SMILES string of the molecule is CCC1CC(=C(C)CCC(=NC)Nc2ccccc2)C=CC=C1c1nocc1C. The lowest BCUT2D eigenvalue weighted by molar-refractivity contribution is 0.416. The van der Waals surface area contributed by atoms with Crippen molar-refractivity contribution in [3.63, 3.8) is 0 Å². The van der Waals surface area contributed by atoms with Crippen LogP contribution in [0.15, 0.2) is 75.5 Å². The van der Waals surface area contributed by atoms with Crippen LogP contribution in [0.2, 0.25) is 0 Å².